The lowest BCUT2D eigenvalue weighted by atomic mass is 9.56. The molecule has 3 aromatic rings. The van der Waals surface area contributed by atoms with Crippen molar-refractivity contribution in [1.82, 2.24) is 19.5 Å². The standard InChI is InChI=1S/C28H35N5O3/c1-3-36-23-18-21(5-4-20(23)2)22-6-13-29-25-19-24(31-33(22)25)30-26(34)27-7-10-28(11-8-27,12-9-27)32-14-16-35-17-15-32/h4-6,13,18-19H,3,7-12,14-17H2,1-2H3,(H,30,31,34). The number of fused-ring (bicyclic) bond motifs is 4. The highest BCUT2D eigenvalue weighted by molar-refractivity contribution is 5.95. The van der Waals surface area contributed by atoms with Crippen LogP contribution in [-0.2, 0) is 9.53 Å². The molecule has 36 heavy (non-hydrogen) atoms. The Kier molecular flexibility index (Phi) is 5.96. The number of carbonyl (C=O) groups excluding carboxylic acids is 1. The van der Waals surface area contributed by atoms with Gasteiger partial charge in [-0.1, -0.05) is 12.1 Å². The zero-order valence-electron chi connectivity index (χ0n) is 21.3. The predicted molar refractivity (Wildman–Crippen MR) is 138 cm³/mol. The molecule has 4 aliphatic rings. The summed E-state index contributed by atoms with van der Waals surface area (Å²) in [5.41, 5.74) is 3.68. The van der Waals surface area contributed by atoms with Crippen molar-refractivity contribution >= 4 is 17.4 Å². The Morgan fingerprint density at radius 1 is 1.08 bits per heavy atom. The first-order chi connectivity index (χ1) is 17.5. The third kappa shape index (κ3) is 3.96. The van der Waals surface area contributed by atoms with Crippen LogP contribution in [0, 0.1) is 12.3 Å². The molecule has 4 fully saturated rings. The first-order valence-corrected chi connectivity index (χ1v) is 13.2. The largest absolute Gasteiger partial charge is 0.494 e. The highest BCUT2D eigenvalue weighted by Crippen LogP contribution is 2.55. The summed E-state index contributed by atoms with van der Waals surface area (Å²) >= 11 is 0. The summed E-state index contributed by atoms with van der Waals surface area (Å²) < 4.78 is 13.2. The molecule has 2 bridgehead atoms. The first-order valence-electron chi connectivity index (χ1n) is 13.2. The van der Waals surface area contributed by atoms with E-state index in [4.69, 9.17) is 14.6 Å². The predicted octanol–water partition coefficient (Wildman–Crippen LogP) is 4.47. The van der Waals surface area contributed by atoms with Crippen LogP contribution in [0.3, 0.4) is 0 Å². The molecule has 0 unspecified atom stereocenters. The van der Waals surface area contributed by atoms with Crippen LogP contribution in [0.1, 0.15) is 51.0 Å². The Labute approximate surface area is 212 Å². The summed E-state index contributed by atoms with van der Waals surface area (Å²) in [6.07, 6.45) is 7.88. The van der Waals surface area contributed by atoms with Crippen molar-refractivity contribution < 1.29 is 14.3 Å². The molecular weight excluding hydrogens is 454 g/mol. The molecular formula is C28H35N5O3. The van der Waals surface area contributed by atoms with Crippen LogP contribution in [0.25, 0.3) is 16.9 Å². The molecule has 3 aliphatic carbocycles. The van der Waals surface area contributed by atoms with E-state index in [9.17, 15) is 4.79 Å². The number of hydrogen-bond donors (Lipinski definition) is 1. The van der Waals surface area contributed by atoms with E-state index < -0.39 is 0 Å². The molecule has 8 heteroatoms. The van der Waals surface area contributed by atoms with Gasteiger partial charge in [0.05, 0.1) is 25.5 Å². The molecule has 1 aliphatic heterocycles. The topological polar surface area (TPSA) is 81.0 Å². The number of benzene rings is 1. The van der Waals surface area contributed by atoms with Gasteiger partial charge in [-0.15, -0.1) is 5.10 Å². The number of ether oxygens (including phenoxy) is 2. The van der Waals surface area contributed by atoms with Gasteiger partial charge >= 0.3 is 0 Å². The number of nitrogens with zero attached hydrogens (tertiary/aromatic N) is 4. The van der Waals surface area contributed by atoms with Gasteiger partial charge in [0.2, 0.25) is 5.91 Å². The fraction of sp³-hybridized carbons (Fsp3) is 0.536. The maximum absolute atomic E-state index is 13.6. The van der Waals surface area contributed by atoms with Gasteiger partial charge in [0, 0.05) is 41.9 Å². The summed E-state index contributed by atoms with van der Waals surface area (Å²) in [4.78, 5) is 20.7. The molecule has 7 rings (SSSR count). The summed E-state index contributed by atoms with van der Waals surface area (Å²) in [6.45, 7) is 8.33. The van der Waals surface area contributed by atoms with Crippen molar-refractivity contribution in [2.45, 2.75) is 57.9 Å². The highest BCUT2D eigenvalue weighted by Gasteiger charge is 2.54. The minimum Gasteiger partial charge on any atom is -0.494 e. The van der Waals surface area contributed by atoms with E-state index in [1.54, 1.807) is 10.7 Å². The van der Waals surface area contributed by atoms with Crippen LogP contribution < -0.4 is 10.1 Å². The zero-order chi connectivity index (χ0) is 24.8. The summed E-state index contributed by atoms with van der Waals surface area (Å²) in [5.74, 6) is 1.53. The first kappa shape index (κ1) is 23.4. The van der Waals surface area contributed by atoms with E-state index >= 15 is 0 Å². The van der Waals surface area contributed by atoms with Gasteiger partial charge in [-0.25, -0.2) is 9.50 Å². The SMILES string of the molecule is CCOc1cc(-c2ccnc3cc(NC(=O)C45CCC(N6CCOCC6)(CC4)CC5)nn23)ccc1C. The van der Waals surface area contributed by atoms with Crippen molar-refractivity contribution in [2.75, 3.05) is 38.2 Å². The second-order valence-electron chi connectivity index (χ2n) is 10.6. The minimum absolute atomic E-state index is 0.108. The third-order valence-corrected chi connectivity index (χ3v) is 8.75. The van der Waals surface area contributed by atoms with Gasteiger partial charge in [-0.3, -0.25) is 9.69 Å². The molecule has 0 radical (unpaired) electrons. The summed E-state index contributed by atoms with van der Waals surface area (Å²) in [5, 5.41) is 7.91. The average Bonchev–Trinajstić information content (AvgIpc) is 3.34. The van der Waals surface area contributed by atoms with Crippen molar-refractivity contribution in [1.29, 1.82) is 0 Å². The van der Waals surface area contributed by atoms with E-state index in [1.165, 1.54) is 0 Å². The maximum Gasteiger partial charge on any atom is 0.231 e. The van der Waals surface area contributed by atoms with Crippen LogP contribution in [0.4, 0.5) is 5.82 Å². The van der Waals surface area contributed by atoms with Gasteiger partial charge in [0.25, 0.3) is 0 Å². The molecule has 1 aromatic carbocycles. The Morgan fingerprint density at radius 3 is 2.56 bits per heavy atom. The van der Waals surface area contributed by atoms with E-state index in [-0.39, 0.29) is 16.9 Å². The fourth-order valence-corrected chi connectivity index (χ4v) is 6.51. The van der Waals surface area contributed by atoms with Gasteiger partial charge < -0.3 is 14.8 Å². The number of hydrogen-bond acceptors (Lipinski definition) is 6. The lowest BCUT2D eigenvalue weighted by Crippen LogP contribution is -2.61. The van der Waals surface area contributed by atoms with Crippen molar-refractivity contribution in [3.8, 4) is 17.0 Å². The van der Waals surface area contributed by atoms with Crippen molar-refractivity contribution in [3.05, 3.63) is 42.1 Å². The molecule has 3 heterocycles. The second kappa shape index (κ2) is 9.16. The third-order valence-electron chi connectivity index (χ3n) is 8.75. The van der Waals surface area contributed by atoms with Gasteiger partial charge in [0.15, 0.2) is 11.5 Å². The lowest BCUT2D eigenvalue weighted by Gasteiger charge is -2.57. The normalized spacial score (nSPS) is 26.3. The zero-order valence-corrected chi connectivity index (χ0v) is 21.3. The van der Waals surface area contributed by atoms with Crippen molar-refractivity contribution in [3.63, 3.8) is 0 Å². The number of morpholine rings is 1. The Balaban J connectivity index is 1.21. The molecule has 2 aromatic heterocycles. The van der Waals surface area contributed by atoms with E-state index in [2.05, 4.69) is 27.3 Å². The lowest BCUT2D eigenvalue weighted by molar-refractivity contribution is -0.140. The number of nitrogens with one attached hydrogen (secondary N) is 1. The van der Waals surface area contributed by atoms with Gasteiger partial charge in [-0.2, -0.15) is 0 Å². The Bertz CT molecular complexity index is 1250. The van der Waals surface area contributed by atoms with E-state index in [1.807, 2.05) is 32.0 Å². The summed E-state index contributed by atoms with van der Waals surface area (Å²) in [6, 6.07) is 9.96. The average molecular weight is 490 g/mol. The van der Waals surface area contributed by atoms with E-state index in [0.29, 0.717) is 18.1 Å². The molecule has 8 nitrogen and oxygen atoms in total. The Morgan fingerprint density at radius 2 is 1.83 bits per heavy atom. The quantitative estimate of drug-likeness (QED) is 0.550. The monoisotopic (exact) mass is 489 g/mol. The number of aromatic nitrogens is 3. The summed E-state index contributed by atoms with van der Waals surface area (Å²) in [7, 11) is 0. The number of amides is 1. The van der Waals surface area contributed by atoms with Crippen LogP contribution in [0.2, 0.25) is 0 Å². The van der Waals surface area contributed by atoms with Crippen LogP contribution in [0.15, 0.2) is 36.5 Å². The molecule has 190 valence electrons. The smallest absolute Gasteiger partial charge is 0.231 e. The molecule has 3 saturated carbocycles. The molecule has 1 N–H and O–H groups in total. The molecule has 1 amide bonds. The number of rotatable bonds is 6. The minimum atomic E-state index is -0.288. The van der Waals surface area contributed by atoms with Crippen LogP contribution in [0.5, 0.6) is 5.75 Å². The number of carbonyl (C=O) groups is 1. The Hall–Kier alpha value is -2.97. The molecule has 1 saturated heterocycles. The van der Waals surface area contributed by atoms with Crippen molar-refractivity contribution in [2.24, 2.45) is 5.41 Å². The molecule has 0 atom stereocenters. The maximum atomic E-state index is 13.6. The second-order valence-corrected chi connectivity index (χ2v) is 10.6. The highest BCUT2D eigenvalue weighted by atomic mass is 16.5. The van der Waals surface area contributed by atoms with Gasteiger partial charge in [-0.05, 0) is 70.1 Å². The number of aryl methyl sites for hydroxylation is 1. The van der Waals surface area contributed by atoms with E-state index in [0.717, 1.165) is 87.4 Å². The van der Waals surface area contributed by atoms with Crippen LogP contribution in [-0.4, -0.2) is 63.9 Å². The molecule has 0 spiro atoms. The fourth-order valence-electron chi connectivity index (χ4n) is 6.51. The number of anilines is 1. The van der Waals surface area contributed by atoms with Gasteiger partial charge in [0.1, 0.15) is 5.75 Å². The van der Waals surface area contributed by atoms with Crippen LogP contribution >= 0.6 is 0 Å².